The van der Waals surface area contributed by atoms with E-state index in [-0.39, 0.29) is 0 Å². The van der Waals surface area contributed by atoms with E-state index in [4.69, 9.17) is 9.47 Å². The first-order valence-electron chi connectivity index (χ1n) is 4.99. The van der Waals surface area contributed by atoms with Crippen molar-refractivity contribution in [2.45, 2.75) is 6.92 Å². The van der Waals surface area contributed by atoms with Gasteiger partial charge < -0.3 is 9.47 Å². The monoisotopic (exact) mass is 362 g/mol. The zero-order valence-electron chi connectivity index (χ0n) is 9.33. The van der Waals surface area contributed by atoms with Gasteiger partial charge in [-0.3, -0.25) is 4.79 Å². The molecule has 1 aromatic carbocycles. The summed E-state index contributed by atoms with van der Waals surface area (Å²) in [7, 11) is 0. The lowest BCUT2D eigenvalue weighted by Gasteiger charge is -2.14. The lowest BCUT2D eigenvalue weighted by atomic mass is 10.2. The van der Waals surface area contributed by atoms with Gasteiger partial charge in [0, 0.05) is 10.0 Å². The summed E-state index contributed by atoms with van der Waals surface area (Å²) in [6, 6.07) is 1.64. The van der Waals surface area contributed by atoms with Gasteiger partial charge in [-0.1, -0.05) is 12.7 Å². The van der Waals surface area contributed by atoms with Crippen molar-refractivity contribution in [1.82, 2.24) is 0 Å². The SMILES string of the molecule is C=CCOc1c(OCC)cc(C=O)c(Br)c1Br. The van der Waals surface area contributed by atoms with Gasteiger partial charge in [0.2, 0.25) is 0 Å². The van der Waals surface area contributed by atoms with Gasteiger partial charge in [0.1, 0.15) is 6.61 Å². The second-order valence-electron chi connectivity index (χ2n) is 3.07. The zero-order valence-corrected chi connectivity index (χ0v) is 12.5. The molecule has 0 aliphatic carbocycles. The molecule has 0 unspecified atom stereocenters. The number of halogens is 2. The summed E-state index contributed by atoms with van der Waals surface area (Å²) in [6.45, 7) is 6.32. The van der Waals surface area contributed by atoms with Gasteiger partial charge in [-0.05, 0) is 44.8 Å². The van der Waals surface area contributed by atoms with E-state index in [2.05, 4.69) is 38.4 Å². The molecule has 0 amide bonds. The minimum atomic E-state index is 0.367. The highest BCUT2D eigenvalue weighted by Gasteiger charge is 2.16. The molecule has 1 rings (SSSR count). The lowest BCUT2D eigenvalue weighted by Crippen LogP contribution is -2.01. The normalized spacial score (nSPS) is 9.82. The van der Waals surface area contributed by atoms with E-state index < -0.39 is 0 Å². The van der Waals surface area contributed by atoms with Crippen LogP contribution >= 0.6 is 31.9 Å². The number of rotatable bonds is 6. The molecular weight excluding hydrogens is 352 g/mol. The Morgan fingerprint density at radius 3 is 2.59 bits per heavy atom. The predicted molar refractivity (Wildman–Crippen MR) is 74.1 cm³/mol. The highest BCUT2D eigenvalue weighted by atomic mass is 79.9. The molecule has 0 aliphatic heterocycles. The molecule has 5 heteroatoms. The molecule has 0 heterocycles. The van der Waals surface area contributed by atoms with Crippen LogP contribution in [-0.2, 0) is 0 Å². The van der Waals surface area contributed by atoms with Crippen LogP contribution < -0.4 is 9.47 Å². The number of aldehydes is 1. The first kappa shape index (κ1) is 14.3. The molecule has 92 valence electrons. The van der Waals surface area contributed by atoms with Crippen molar-refractivity contribution in [2.24, 2.45) is 0 Å². The van der Waals surface area contributed by atoms with Crippen molar-refractivity contribution >= 4 is 38.1 Å². The maximum absolute atomic E-state index is 10.9. The van der Waals surface area contributed by atoms with Gasteiger partial charge in [0.15, 0.2) is 17.8 Å². The molecule has 0 atom stereocenters. The average Bonchev–Trinajstić information content (AvgIpc) is 2.33. The molecule has 0 aromatic heterocycles. The Balaban J connectivity index is 3.27. The predicted octanol–water partition coefficient (Wildman–Crippen LogP) is 3.99. The van der Waals surface area contributed by atoms with Gasteiger partial charge in [-0.2, -0.15) is 0 Å². The molecule has 1 aromatic rings. The van der Waals surface area contributed by atoms with Crippen LogP contribution in [0.2, 0.25) is 0 Å². The van der Waals surface area contributed by atoms with Gasteiger partial charge in [-0.25, -0.2) is 0 Å². The van der Waals surface area contributed by atoms with Crippen LogP contribution in [-0.4, -0.2) is 19.5 Å². The Morgan fingerprint density at radius 1 is 1.35 bits per heavy atom. The van der Waals surface area contributed by atoms with E-state index in [1.54, 1.807) is 12.1 Å². The van der Waals surface area contributed by atoms with E-state index in [0.717, 1.165) is 6.29 Å². The summed E-state index contributed by atoms with van der Waals surface area (Å²) < 4.78 is 12.3. The largest absolute Gasteiger partial charge is 0.490 e. The molecule has 0 radical (unpaired) electrons. The number of ether oxygens (including phenoxy) is 2. The van der Waals surface area contributed by atoms with Crippen LogP contribution in [0.15, 0.2) is 27.7 Å². The molecule has 0 aliphatic rings. The van der Waals surface area contributed by atoms with Crippen molar-refractivity contribution in [2.75, 3.05) is 13.2 Å². The van der Waals surface area contributed by atoms with Crippen LogP contribution in [0.4, 0.5) is 0 Å². The Morgan fingerprint density at radius 2 is 2.06 bits per heavy atom. The van der Waals surface area contributed by atoms with Crippen molar-refractivity contribution in [3.63, 3.8) is 0 Å². The summed E-state index contributed by atoms with van der Waals surface area (Å²) in [5.41, 5.74) is 0.506. The molecule has 0 bridgehead atoms. The minimum Gasteiger partial charge on any atom is -0.490 e. The maximum atomic E-state index is 10.9. The molecule has 3 nitrogen and oxygen atoms in total. The number of carbonyl (C=O) groups excluding carboxylic acids is 1. The number of benzene rings is 1. The van der Waals surface area contributed by atoms with Gasteiger partial charge in [0.25, 0.3) is 0 Å². The van der Waals surface area contributed by atoms with E-state index in [1.807, 2.05) is 6.92 Å². The van der Waals surface area contributed by atoms with Crippen molar-refractivity contribution < 1.29 is 14.3 Å². The molecule has 0 fully saturated rings. The third-order valence-electron chi connectivity index (χ3n) is 1.93. The summed E-state index contributed by atoms with van der Waals surface area (Å²) in [6.07, 6.45) is 2.40. The second-order valence-corrected chi connectivity index (χ2v) is 4.66. The minimum absolute atomic E-state index is 0.367. The fourth-order valence-electron chi connectivity index (χ4n) is 1.23. The first-order valence-corrected chi connectivity index (χ1v) is 6.57. The van der Waals surface area contributed by atoms with Crippen molar-refractivity contribution in [3.05, 3.63) is 33.2 Å². The van der Waals surface area contributed by atoms with E-state index in [9.17, 15) is 4.79 Å². The smallest absolute Gasteiger partial charge is 0.176 e. The topological polar surface area (TPSA) is 35.5 Å². The van der Waals surface area contributed by atoms with E-state index >= 15 is 0 Å². The summed E-state index contributed by atoms with van der Waals surface area (Å²) in [5, 5.41) is 0. The third kappa shape index (κ3) is 3.33. The van der Waals surface area contributed by atoms with Crippen LogP contribution in [0.5, 0.6) is 11.5 Å². The van der Waals surface area contributed by atoms with Crippen molar-refractivity contribution in [1.29, 1.82) is 0 Å². The standard InChI is InChI=1S/C12H12Br2O3/c1-3-5-17-12-9(16-4-2)6-8(7-15)10(13)11(12)14/h3,6-7H,1,4-5H2,2H3. The average molecular weight is 364 g/mol. The third-order valence-corrected chi connectivity index (χ3v) is 4.07. The number of carbonyl (C=O) groups is 1. The Kier molecular flexibility index (Phi) is 5.71. The highest BCUT2D eigenvalue weighted by molar-refractivity contribution is 9.13. The Bertz CT molecular complexity index is 430. The Hall–Kier alpha value is -0.810. The summed E-state index contributed by atoms with van der Waals surface area (Å²) >= 11 is 6.71. The van der Waals surface area contributed by atoms with Crippen molar-refractivity contribution in [3.8, 4) is 11.5 Å². The molecular formula is C12H12Br2O3. The summed E-state index contributed by atoms with van der Waals surface area (Å²) in [4.78, 5) is 10.9. The van der Waals surface area contributed by atoms with Gasteiger partial charge >= 0.3 is 0 Å². The van der Waals surface area contributed by atoms with Crippen LogP contribution in [0.1, 0.15) is 17.3 Å². The Labute approximate surface area is 117 Å². The van der Waals surface area contributed by atoms with E-state index in [1.165, 1.54) is 0 Å². The first-order chi connectivity index (χ1) is 8.15. The van der Waals surface area contributed by atoms with Crippen LogP contribution in [0.3, 0.4) is 0 Å². The molecule has 0 saturated carbocycles. The molecule has 17 heavy (non-hydrogen) atoms. The second kappa shape index (κ2) is 6.81. The van der Waals surface area contributed by atoms with Gasteiger partial charge in [-0.15, -0.1) is 0 Å². The number of hydrogen-bond acceptors (Lipinski definition) is 3. The lowest BCUT2D eigenvalue weighted by molar-refractivity contribution is 0.112. The maximum Gasteiger partial charge on any atom is 0.176 e. The fraction of sp³-hybridized carbons (Fsp3) is 0.250. The summed E-state index contributed by atoms with van der Waals surface area (Å²) in [5.74, 6) is 1.09. The molecule has 0 spiro atoms. The number of hydrogen-bond donors (Lipinski definition) is 0. The van der Waals surface area contributed by atoms with E-state index in [0.29, 0.717) is 39.2 Å². The fourth-order valence-corrected chi connectivity index (χ4v) is 2.16. The van der Waals surface area contributed by atoms with Crippen LogP contribution in [0.25, 0.3) is 0 Å². The zero-order chi connectivity index (χ0) is 12.8. The quantitative estimate of drug-likeness (QED) is 0.566. The highest BCUT2D eigenvalue weighted by Crippen LogP contribution is 2.42. The molecule has 0 N–H and O–H groups in total. The molecule has 0 saturated heterocycles. The van der Waals surface area contributed by atoms with Gasteiger partial charge in [0.05, 0.1) is 11.1 Å². The van der Waals surface area contributed by atoms with Crippen LogP contribution in [0, 0.1) is 0 Å².